The van der Waals surface area contributed by atoms with Gasteiger partial charge in [-0.15, -0.1) is 0 Å². The zero-order chi connectivity index (χ0) is 13.4. The van der Waals surface area contributed by atoms with Crippen LogP contribution in [0.4, 0.5) is 0 Å². The van der Waals surface area contributed by atoms with E-state index in [0.29, 0.717) is 12.8 Å². The molecule has 0 heterocycles. The summed E-state index contributed by atoms with van der Waals surface area (Å²) in [6.07, 6.45) is 9.42. The number of hydrogen-bond donors (Lipinski definition) is 1. The molecule has 0 bridgehead atoms. The number of carbonyl (C=O) groups is 1. The highest BCUT2D eigenvalue weighted by atomic mass is 16.2. The van der Waals surface area contributed by atoms with Crippen LogP contribution in [0, 0.1) is 17.2 Å². The summed E-state index contributed by atoms with van der Waals surface area (Å²) in [5, 5.41) is 12.3. The van der Waals surface area contributed by atoms with Crippen molar-refractivity contribution in [1.82, 2.24) is 5.32 Å². The summed E-state index contributed by atoms with van der Waals surface area (Å²) >= 11 is 0. The number of rotatable bonds is 4. The van der Waals surface area contributed by atoms with Gasteiger partial charge in [0.25, 0.3) is 0 Å². The van der Waals surface area contributed by atoms with Crippen LogP contribution in [0.1, 0.15) is 71.6 Å². The van der Waals surface area contributed by atoms with Gasteiger partial charge in [-0.25, -0.2) is 0 Å². The van der Waals surface area contributed by atoms with Crippen LogP contribution in [0.15, 0.2) is 0 Å². The van der Waals surface area contributed by atoms with Crippen molar-refractivity contribution in [1.29, 1.82) is 5.26 Å². The third-order valence-corrected chi connectivity index (χ3v) is 4.26. The lowest BCUT2D eigenvalue weighted by Crippen LogP contribution is -2.48. The number of nitrogens with one attached hydrogen (secondary N) is 1. The maximum Gasteiger partial charge on any atom is 0.224 e. The maximum absolute atomic E-state index is 12.3. The van der Waals surface area contributed by atoms with Crippen molar-refractivity contribution in [3.63, 3.8) is 0 Å². The molecule has 0 saturated heterocycles. The van der Waals surface area contributed by atoms with Crippen LogP contribution in [-0.2, 0) is 4.79 Å². The molecular formula is C15H26N2O. The highest BCUT2D eigenvalue weighted by molar-refractivity contribution is 5.79. The number of amides is 1. The Morgan fingerprint density at radius 3 is 2.11 bits per heavy atom. The molecule has 0 radical (unpaired) electrons. The van der Waals surface area contributed by atoms with Crippen LogP contribution in [0.5, 0.6) is 0 Å². The SMILES string of the molecule is CCC(C#N)(CC)NC(=O)C1CCCCCCC1. The molecule has 3 nitrogen and oxygen atoms in total. The van der Waals surface area contributed by atoms with Crippen molar-refractivity contribution in [2.24, 2.45) is 5.92 Å². The second kappa shape index (κ2) is 7.41. The van der Waals surface area contributed by atoms with Crippen LogP contribution in [0.25, 0.3) is 0 Å². The zero-order valence-electron chi connectivity index (χ0n) is 11.8. The average molecular weight is 250 g/mol. The fourth-order valence-electron chi connectivity index (χ4n) is 2.67. The second-order valence-electron chi connectivity index (χ2n) is 5.43. The Morgan fingerprint density at radius 1 is 1.17 bits per heavy atom. The quantitative estimate of drug-likeness (QED) is 0.829. The van der Waals surface area contributed by atoms with Crippen molar-refractivity contribution in [2.45, 2.75) is 77.2 Å². The van der Waals surface area contributed by atoms with Gasteiger partial charge >= 0.3 is 0 Å². The molecule has 1 aliphatic rings. The van der Waals surface area contributed by atoms with E-state index >= 15 is 0 Å². The van der Waals surface area contributed by atoms with E-state index < -0.39 is 5.54 Å². The van der Waals surface area contributed by atoms with Crippen molar-refractivity contribution in [2.75, 3.05) is 0 Å². The summed E-state index contributed by atoms with van der Waals surface area (Å²) in [6.45, 7) is 3.93. The van der Waals surface area contributed by atoms with E-state index in [2.05, 4.69) is 11.4 Å². The predicted octanol–water partition coefficient (Wildman–Crippen LogP) is 3.55. The van der Waals surface area contributed by atoms with Gasteiger partial charge in [0.15, 0.2) is 0 Å². The van der Waals surface area contributed by atoms with Crippen LogP contribution in [0.2, 0.25) is 0 Å². The highest BCUT2D eigenvalue weighted by Gasteiger charge is 2.30. The van der Waals surface area contributed by atoms with Crippen molar-refractivity contribution in [3.05, 3.63) is 0 Å². The number of nitrogens with zero attached hydrogens (tertiary/aromatic N) is 1. The fourth-order valence-corrected chi connectivity index (χ4v) is 2.67. The van der Waals surface area contributed by atoms with Gasteiger partial charge in [-0.3, -0.25) is 4.79 Å². The Labute approximate surface area is 111 Å². The molecule has 1 saturated carbocycles. The Morgan fingerprint density at radius 2 is 1.67 bits per heavy atom. The molecule has 0 aromatic carbocycles. The van der Waals surface area contributed by atoms with Gasteiger partial charge in [0.05, 0.1) is 6.07 Å². The normalized spacial score (nSPS) is 18.5. The van der Waals surface area contributed by atoms with Gasteiger partial charge in [-0.05, 0) is 25.7 Å². The molecule has 1 N–H and O–H groups in total. The summed E-state index contributed by atoms with van der Waals surface area (Å²) in [7, 11) is 0. The number of hydrogen-bond acceptors (Lipinski definition) is 2. The van der Waals surface area contributed by atoms with E-state index in [1.807, 2.05) is 13.8 Å². The Hall–Kier alpha value is -1.04. The van der Waals surface area contributed by atoms with Crippen LogP contribution < -0.4 is 5.32 Å². The first-order valence-electron chi connectivity index (χ1n) is 7.40. The predicted molar refractivity (Wildman–Crippen MR) is 72.9 cm³/mol. The van der Waals surface area contributed by atoms with Crippen LogP contribution in [-0.4, -0.2) is 11.4 Å². The molecule has 0 unspecified atom stereocenters. The standard InChI is InChI=1S/C15H26N2O/c1-3-15(4-2,12-16)17-14(18)13-10-8-6-5-7-9-11-13/h13H,3-11H2,1-2H3,(H,17,18). The lowest BCUT2D eigenvalue weighted by Gasteiger charge is -2.28. The largest absolute Gasteiger partial charge is 0.338 e. The van der Waals surface area contributed by atoms with Crippen molar-refractivity contribution < 1.29 is 4.79 Å². The van der Waals surface area contributed by atoms with E-state index in [-0.39, 0.29) is 11.8 Å². The monoisotopic (exact) mass is 250 g/mol. The summed E-state index contributed by atoms with van der Waals surface area (Å²) in [6, 6.07) is 2.28. The molecule has 0 aromatic rings. The number of carbonyl (C=O) groups excluding carboxylic acids is 1. The molecule has 0 atom stereocenters. The first kappa shape index (κ1) is 15.0. The van der Waals surface area contributed by atoms with Gasteiger partial charge in [-0.2, -0.15) is 5.26 Å². The smallest absolute Gasteiger partial charge is 0.224 e. The lowest BCUT2D eigenvalue weighted by atomic mass is 9.88. The minimum absolute atomic E-state index is 0.0992. The van der Waals surface area contributed by atoms with Gasteiger partial charge in [0.2, 0.25) is 5.91 Å². The lowest BCUT2D eigenvalue weighted by molar-refractivity contribution is -0.127. The summed E-state index contributed by atoms with van der Waals surface area (Å²) in [5.74, 6) is 0.221. The molecule has 0 aromatic heterocycles. The molecular weight excluding hydrogens is 224 g/mol. The van der Waals surface area contributed by atoms with E-state index in [1.54, 1.807) is 0 Å². The second-order valence-corrected chi connectivity index (χ2v) is 5.43. The molecule has 3 heteroatoms. The zero-order valence-corrected chi connectivity index (χ0v) is 11.8. The minimum Gasteiger partial charge on any atom is -0.338 e. The van der Waals surface area contributed by atoms with E-state index in [9.17, 15) is 10.1 Å². The highest BCUT2D eigenvalue weighted by Crippen LogP contribution is 2.24. The fraction of sp³-hybridized carbons (Fsp3) is 0.867. The molecule has 102 valence electrons. The summed E-state index contributed by atoms with van der Waals surface area (Å²) < 4.78 is 0. The summed E-state index contributed by atoms with van der Waals surface area (Å²) in [4.78, 5) is 12.3. The van der Waals surface area contributed by atoms with Gasteiger partial charge in [0, 0.05) is 5.92 Å². The Bertz CT molecular complexity index is 294. The maximum atomic E-state index is 12.3. The molecule has 1 fully saturated rings. The molecule has 1 amide bonds. The first-order valence-corrected chi connectivity index (χ1v) is 7.40. The first-order chi connectivity index (χ1) is 8.67. The van der Waals surface area contributed by atoms with Gasteiger partial charge in [-0.1, -0.05) is 46.0 Å². The Balaban J connectivity index is 2.59. The van der Waals surface area contributed by atoms with Crippen molar-refractivity contribution >= 4 is 5.91 Å². The van der Waals surface area contributed by atoms with Crippen LogP contribution >= 0.6 is 0 Å². The summed E-state index contributed by atoms with van der Waals surface area (Å²) in [5.41, 5.74) is -0.653. The molecule has 1 aliphatic carbocycles. The van der Waals surface area contributed by atoms with Crippen molar-refractivity contribution in [3.8, 4) is 6.07 Å². The van der Waals surface area contributed by atoms with Gasteiger partial charge in [0.1, 0.15) is 5.54 Å². The minimum atomic E-state index is -0.653. The Kier molecular flexibility index (Phi) is 6.18. The van der Waals surface area contributed by atoms with Gasteiger partial charge < -0.3 is 5.32 Å². The van der Waals surface area contributed by atoms with E-state index in [4.69, 9.17) is 0 Å². The number of nitriles is 1. The molecule has 18 heavy (non-hydrogen) atoms. The third kappa shape index (κ3) is 4.01. The van der Waals surface area contributed by atoms with E-state index in [1.165, 1.54) is 19.3 Å². The average Bonchev–Trinajstić information content (AvgIpc) is 2.35. The molecule has 0 aliphatic heterocycles. The van der Waals surface area contributed by atoms with E-state index in [0.717, 1.165) is 25.7 Å². The molecule has 1 rings (SSSR count). The topological polar surface area (TPSA) is 52.9 Å². The molecule has 0 spiro atoms. The third-order valence-electron chi connectivity index (χ3n) is 4.26. The van der Waals surface area contributed by atoms with Crippen LogP contribution in [0.3, 0.4) is 0 Å².